The van der Waals surface area contributed by atoms with Gasteiger partial charge in [0.05, 0.1) is 29.1 Å². The van der Waals surface area contributed by atoms with Gasteiger partial charge in [-0.25, -0.2) is 9.78 Å². The third-order valence-electron chi connectivity index (χ3n) is 6.00. The SMILES string of the molecule is CC1(NC(=O)OC2COC(c3cc(Nc4ccc5c(n4)C(C)(C)NC5=O)n[nH]3)C2)CC1. The van der Waals surface area contributed by atoms with Crippen LogP contribution in [0.4, 0.5) is 16.4 Å². The predicted octanol–water partition coefficient (Wildman–Crippen LogP) is 2.64. The molecule has 3 aliphatic rings. The second-order valence-electron chi connectivity index (χ2n) is 9.28. The van der Waals surface area contributed by atoms with Crippen molar-refractivity contribution >= 4 is 23.6 Å². The van der Waals surface area contributed by atoms with E-state index in [2.05, 4.69) is 31.1 Å². The number of nitrogens with zero attached hydrogens (tertiary/aromatic N) is 2. The number of aromatic amines is 1. The molecule has 5 rings (SSSR count). The maximum atomic E-state index is 12.0. The van der Waals surface area contributed by atoms with E-state index in [0.29, 0.717) is 35.9 Å². The number of pyridine rings is 1. The number of anilines is 2. The summed E-state index contributed by atoms with van der Waals surface area (Å²) in [6.07, 6.45) is 1.62. The minimum absolute atomic E-state index is 0.107. The molecule has 10 nitrogen and oxygen atoms in total. The minimum atomic E-state index is -0.517. The number of carbonyl (C=O) groups excluding carboxylic acids is 2. The Morgan fingerprint density at radius 2 is 2.06 bits per heavy atom. The lowest BCUT2D eigenvalue weighted by Crippen LogP contribution is -2.37. The van der Waals surface area contributed by atoms with E-state index in [0.717, 1.165) is 18.5 Å². The lowest BCUT2D eigenvalue weighted by Gasteiger charge is -2.18. The number of hydrogen-bond acceptors (Lipinski definition) is 7. The molecule has 0 aromatic carbocycles. The molecule has 164 valence electrons. The van der Waals surface area contributed by atoms with Crippen molar-refractivity contribution in [2.75, 3.05) is 11.9 Å². The average Bonchev–Trinajstić information content (AvgIpc) is 3.05. The van der Waals surface area contributed by atoms with Gasteiger partial charge >= 0.3 is 6.09 Å². The molecule has 2 aromatic rings. The van der Waals surface area contributed by atoms with Crippen LogP contribution in [0.15, 0.2) is 18.2 Å². The molecular weight excluding hydrogens is 400 g/mol. The van der Waals surface area contributed by atoms with Crippen LogP contribution in [0, 0.1) is 0 Å². The Morgan fingerprint density at radius 3 is 2.84 bits per heavy atom. The Kier molecular flexibility index (Phi) is 4.44. The first kappa shape index (κ1) is 19.8. The first-order valence-corrected chi connectivity index (χ1v) is 10.5. The molecule has 4 N–H and O–H groups in total. The second-order valence-corrected chi connectivity index (χ2v) is 9.28. The maximum absolute atomic E-state index is 12.0. The first-order chi connectivity index (χ1) is 14.7. The van der Waals surface area contributed by atoms with Crippen LogP contribution in [0.2, 0.25) is 0 Å². The molecule has 2 aliphatic heterocycles. The fourth-order valence-electron chi connectivity index (χ4n) is 3.93. The summed E-state index contributed by atoms with van der Waals surface area (Å²) in [4.78, 5) is 28.6. The zero-order chi connectivity index (χ0) is 21.8. The highest BCUT2D eigenvalue weighted by atomic mass is 16.6. The Morgan fingerprint density at radius 1 is 1.26 bits per heavy atom. The molecule has 1 aliphatic carbocycles. The summed E-state index contributed by atoms with van der Waals surface area (Å²) in [7, 11) is 0. The molecule has 10 heteroatoms. The Labute approximate surface area is 179 Å². The van der Waals surface area contributed by atoms with Gasteiger partial charge in [0.1, 0.15) is 18.0 Å². The summed E-state index contributed by atoms with van der Waals surface area (Å²) < 4.78 is 11.3. The van der Waals surface area contributed by atoms with Crippen molar-refractivity contribution in [2.45, 2.75) is 63.3 Å². The molecule has 31 heavy (non-hydrogen) atoms. The minimum Gasteiger partial charge on any atom is -0.444 e. The van der Waals surface area contributed by atoms with Crippen LogP contribution in [-0.4, -0.2) is 45.4 Å². The number of carbonyl (C=O) groups is 2. The summed E-state index contributed by atoms with van der Waals surface area (Å²) >= 11 is 0. The number of alkyl carbamates (subject to hydrolysis) is 1. The molecule has 2 aromatic heterocycles. The number of nitrogens with one attached hydrogen (secondary N) is 4. The van der Waals surface area contributed by atoms with Crippen molar-refractivity contribution in [1.82, 2.24) is 25.8 Å². The van der Waals surface area contributed by atoms with Crippen molar-refractivity contribution in [3.8, 4) is 0 Å². The van der Waals surface area contributed by atoms with Crippen LogP contribution in [-0.2, 0) is 15.0 Å². The fraction of sp³-hybridized carbons (Fsp3) is 0.524. The van der Waals surface area contributed by atoms with Crippen LogP contribution < -0.4 is 16.0 Å². The standard InChI is InChI=1S/C21H26N6O4/c1-20(2)17-12(18(28)24-20)4-5-15(23-17)22-16-9-13(26-27-16)14-8-11(10-30-14)31-19(29)25-21(3)6-7-21/h4-5,9,11,14H,6-8,10H2,1-3H3,(H,24,28)(H,25,29)(H2,22,23,26,27). The molecule has 2 amide bonds. The van der Waals surface area contributed by atoms with E-state index in [9.17, 15) is 9.59 Å². The zero-order valence-corrected chi connectivity index (χ0v) is 17.7. The van der Waals surface area contributed by atoms with Gasteiger partial charge in [0.15, 0.2) is 5.82 Å². The van der Waals surface area contributed by atoms with Gasteiger partial charge in [-0.2, -0.15) is 5.10 Å². The average molecular weight is 426 g/mol. The molecule has 0 spiro atoms. The van der Waals surface area contributed by atoms with Crippen LogP contribution in [0.25, 0.3) is 0 Å². The molecule has 1 saturated heterocycles. The molecule has 2 fully saturated rings. The highest BCUT2D eigenvalue weighted by molar-refractivity contribution is 5.99. The Bertz CT molecular complexity index is 1040. The van der Waals surface area contributed by atoms with Crippen LogP contribution in [0.3, 0.4) is 0 Å². The van der Waals surface area contributed by atoms with Gasteiger partial charge in [-0.3, -0.25) is 9.89 Å². The number of amides is 2. The van der Waals surface area contributed by atoms with E-state index >= 15 is 0 Å². The van der Waals surface area contributed by atoms with Gasteiger partial charge in [0.2, 0.25) is 0 Å². The van der Waals surface area contributed by atoms with E-state index in [1.54, 1.807) is 12.1 Å². The number of H-pyrrole nitrogens is 1. The van der Waals surface area contributed by atoms with Gasteiger partial charge in [0.25, 0.3) is 5.91 Å². The van der Waals surface area contributed by atoms with Gasteiger partial charge < -0.3 is 25.4 Å². The third-order valence-corrected chi connectivity index (χ3v) is 6.00. The van der Waals surface area contributed by atoms with Crippen LogP contribution in [0.5, 0.6) is 0 Å². The normalized spacial score (nSPS) is 24.9. The van der Waals surface area contributed by atoms with E-state index < -0.39 is 5.54 Å². The third kappa shape index (κ3) is 3.95. The molecule has 2 unspecified atom stereocenters. The molecule has 0 radical (unpaired) electrons. The topological polar surface area (TPSA) is 130 Å². The second kappa shape index (κ2) is 6.94. The number of ether oxygens (including phenoxy) is 2. The number of hydrogen-bond donors (Lipinski definition) is 4. The van der Waals surface area contributed by atoms with Gasteiger partial charge in [0, 0.05) is 18.0 Å². The fourth-order valence-corrected chi connectivity index (χ4v) is 3.93. The smallest absolute Gasteiger partial charge is 0.407 e. The number of fused-ring (bicyclic) bond motifs is 1. The van der Waals surface area contributed by atoms with Crippen molar-refractivity contribution in [2.24, 2.45) is 0 Å². The van der Waals surface area contributed by atoms with Crippen LogP contribution >= 0.6 is 0 Å². The van der Waals surface area contributed by atoms with E-state index in [4.69, 9.17) is 9.47 Å². The maximum Gasteiger partial charge on any atom is 0.407 e. The summed E-state index contributed by atoms with van der Waals surface area (Å²) in [6, 6.07) is 5.36. The van der Waals surface area contributed by atoms with Gasteiger partial charge in [-0.05, 0) is 45.7 Å². The van der Waals surface area contributed by atoms with Crippen molar-refractivity contribution < 1.29 is 19.1 Å². The van der Waals surface area contributed by atoms with Crippen LogP contribution in [0.1, 0.15) is 67.9 Å². The molecule has 1 saturated carbocycles. The quantitative estimate of drug-likeness (QED) is 0.578. The molecule has 0 bridgehead atoms. The lowest BCUT2D eigenvalue weighted by atomic mass is 10.0. The summed E-state index contributed by atoms with van der Waals surface area (Å²) in [6.45, 7) is 6.19. The highest BCUT2D eigenvalue weighted by Gasteiger charge is 2.40. The monoisotopic (exact) mass is 426 g/mol. The van der Waals surface area contributed by atoms with Crippen molar-refractivity contribution in [1.29, 1.82) is 0 Å². The number of aromatic nitrogens is 3. The van der Waals surface area contributed by atoms with E-state index in [-0.39, 0.29) is 29.7 Å². The summed E-state index contributed by atoms with van der Waals surface area (Å²) in [5.41, 5.74) is 1.46. The first-order valence-electron chi connectivity index (χ1n) is 10.5. The number of rotatable bonds is 5. The van der Waals surface area contributed by atoms with Crippen molar-refractivity contribution in [3.63, 3.8) is 0 Å². The van der Waals surface area contributed by atoms with E-state index in [1.807, 2.05) is 26.8 Å². The predicted molar refractivity (Wildman–Crippen MR) is 111 cm³/mol. The van der Waals surface area contributed by atoms with Gasteiger partial charge in [-0.15, -0.1) is 0 Å². The van der Waals surface area contributed by atoms with E-state index in [1.165, 1.54) is 0 Å². The van der Waals surface area contributed by atoms with Crippen molar-refractivity contribution in [3.05, 3.63) is 35.2 Å². The van der Waals surface area contributed by atoms with Gasteiger partial charge in [-0.1, -0.05) is 0 Å². The molecule has 2 atom stereocenters. The summed E-state index contributed by atoms with van der Waals surface area (Å²) in [5.74, 6) is 1.07. The zero-order valence-electron chi connectivity index (χ0n) is 17.7. The Hall–Kier alpha value is -3.14. The molecular formula is C21H26N6O4. The molecule has 4 heterocycles. The summed E-state index contributed by atoms with van der Waals surface area (Å²) in [5, 5.41) is 16.2. The highest BCUT2D eigenvalue weighted by Crippen LogP contribution is 2.35. The largest absolute Gasteiger partial charge is 0.444 e. The Balaban J connectivity index is 1.20. The lowest BCUT2D eigenvalue weighted by molar-refractivity contribution is 0.0675.